The smallest absolute Gasteiger partial charge is 0.232 e. The highest BCUT2D eigenvalue weighted by atomic mass is 79.9. The molecule has 0 fully saturated rings. The number of nitrogens with zero attached hydrogens (tertiary/aromatic N) is 1. The molecule has 1 N–H and O–H groups in total. The van der Waals surface area contributed by atoms with E-state index in [1.807, 2.05) is 19.2 Å². The number of carbonyl (C=O) groups excluding carboxylic acids is 1. The molecule has 0 radical (unpaired) electrons. The van der Waals surface area contributed by atoms with Gasteiger partial charge in [0.2, 0.25) is 5.91 Å². The van der Waals surface area contributed by atoms with Crippen molar-refractivity contribution in [1.82, 2.24) is 10.3 Å². The summed E-state index contributed by atoms with van der Waals surface area (Å²) in [5, 5.41) is 5.32. The maximum absolute atomic E-state index is 11.5. The largest absolute Gasteiger partial charge is 0.358 e. The first-order valence-corrected chi connectivity index (χ1v) is 5.49. The lowest BCUT2D eigenvalue weighted by atomic mass is 9.93. The molecule has 72 valence electrons. The van der Waals surface area contributed by atoms with Gasteiger partial charge in [0.05, 0.1) is 5.41 Å². The molecule has 1 rings (SSSR count). The summed E-state index contributed by atoms with van der Waals surface area (Å²) in [6, 6.07) is 0. The van der Waals surface area contributed by atoms with Crippen LogP contribution in [0.4, 0.5) is 0 Å². The molecule has 1 heterocycles. The van der Waals surface area contributed by atoms with E-state index in [1.165, 1.54) is 11.3 Å². The van der Waals surface area contributed by atoms with Crippen LogP contribution in [-0.2, 0) is 10.2 Å². The summed E-state index contributed by atoms with van der Waals surface area (Å²) >= 11 is 4.74. The Morgan fingerprint density at radius 2 is 2.31 bits per heavy atom. The van der Waals surface area contributed by atoms with Gasteiger partial charge in [-0.25, -0.2) is 4.98 Å². The highest BCUT2D eigenvalue weighted by Crippen LogP contribution is 2.28. The highest BCUT2D eigenvalue weighted by molar-refractivity contribution is 9.10. The molecular formula is C8H11BrN2OS. The van der Waals surface area contributed by atoms with Gasteiger partial charge in [-0.05, 0) is 29.8 Å². The van der Waals surface area contributed by atoms with Gasteiger partial charge in [-0.1, -0.05) is 0 Å². The summed E-state index contributed by atoms with van der Waals surface area (Å²) in [5.74, 6) is -0.0191. The van der Waals surface area contributed by atoms with Gasteiger partial charge < -0.3 is 5.32 Å². The van der Waals surface area contributed by atoms with Crippen LogP contribution in [0.3, 0.4) is 0 Å². The monoisotopic (exact) mass is 262 g/mol. The molecule has 3 nitrogen and oxygen atoms in total. The number of hydrogen-bond acceptors (Lipinski definition) is 3. The second-order valence-electron chi connectivity index (χ2n) is 3.18. The molecule has 1 amide bonds. The van der Waals surface area contributed by atoms with Crippen molar-refractivity contribution in [2.24, 2.45) is 0 Å². The number of amides is 1. The molecule has 0 atom stereocenters. The average molecular weight is 263 g/mol. The summed E-state index contributed by atoms with van der Waals surface area (Å²) in [6.45, 7) is 3.72. The minimum Gasteiger partial charge on any atom is -0.358 e. The number of halogens is 1. The van der Waals surface area contributed by atoms with Crippen LogP contribution in [0.1, 0.15) is 18.9 Å². The molecule has 0 unspecified atom stereocenters. The van der Waals surface area contributed by atoms with Crippen molar-refractivity contribution in [2.75, 3.05) is 7.05 Å². The summed E-state index contributed by atoms with van der Waals surface area (Å²) in [6.07, 6.45) is 0. The first kappa shape index (κ1) is 10.7. The highest BCUT2D eigenvalue weighted by Gasteiger charge is 2.31. The minimum atomic E-state index is -0.550. The molecule has 0 aliphatic heterocycles. The minimum absolute atomic E-state index is 0.0191. The van der Waals surface area contributed by atoms with Crippen molar-refractivity contribution < 1.29 is 4.79 Å². The number of thiazole rings is 1. The van der Waals surface area contributed by atoms with Crippen molar-refractivity contribution in [2.45, 2.75) is 19.3 Å². The average Bonchev–Trinajstić information content (AvgIpc) is 2.50. The first-order chi connectivity index (χ1) is 5.98. The van der Waals surface area contributed by atoms with Gasteiger partial charge in [-0.3, -0.25) is 4.79 Å². The second-order valence-corrected chi connectivity index (χ2v) is 4.85. The molecule has 0 aliphatic rings. The van der Waals surface area contributed by atoms with Gasteiger partial charge >= 0.3 is 0 Å². The Labute approximate surface area is 89.7 Å². The number of nitrogens with one attached hydrogen (secondary N) is 1. The fourth-order valence-corrected chi connectivity index (χ4v) is 2.33. The third-order valence-electron chi connectivity index (χ3n) is 1.81. The lowest BCUT2D eigenvalue weighted by Gasteiger charge is -2.19. The molecular weight excluding hydrogens is 252 g/mol. The Hall–Kier alpha value is -0.420. The standard InChI is InChI=1S/C8H11BrN2OS/c1-8(2,6(12)10-3)7-11-5(9)4-13-7/h4H,1-3H3,(H,10,12). The quantitative estimate of drug-likeness (QED) is 0.885. The van der Waals surface area contributed by atoms with Crippen molar-refractivity contribution in [3.05, 3.63) is 15.0 Å². The van der Waals surface area contributed by atoms with Crippen LogP contribution in [-0.4, -0.2) is 17.9 Å². The van der Waals surface area contributed by atoms with E-state index in [1.54, 1.807) is 7.05 Å². The van der Waals surface area contributed by atoms with Gasteiger partial charge in [-0.15, -0.1) is 11.3 Å². The number of rotatable bonds is 2. The Bertz CT molecular complexity index is 322. The molecule has 0 spiro atoms. The van der Waals surface area contributed by atoms with E-state index < -0.39 is 5.41 Å². The molecule has 1 aromatic rings. The van der Waals surface area contributed by atoms with E-state index in [2.05, 4.69) is 26.2 Å². The maximum atomic E-state index is 11.5. The van der Waals surface area contributed by atoms with Crippen molar-refractivity contribution >= 4 is 33.2 Å². The summed E-state index contributed by atoms with van der Waals surface area (Å²) < 4.78 is 0.782. The van der Waals surface area contributed by atoms with Crippen LogP contribution in [0, 0.1) is 0 Å². The van der Waals surface area contributed by atoms with E-state index in [-0.39, 0.29) is 5.91 Å². The van der Waals surface area contributed by atoms with Crippen LogP contribution >= 0.6 is 27.3 Å². The Balaban J connectivity index is 2.99. The van der Waals surface area contributed by atoms with Crippen molar-refractivity contribution in [3.8, 4) is 0 Å². The van der Waals surface area contributed by atoms with E-state index in [0.717, 1.165) is 9.61 Å². The Morgan fingerprint density at radius 1 is 1.69 bits per heavy atom. The summed E-state index contributed by atoms with van der Waals surface area (Å²) in [4.78, 5) is 15.7. The predicted octanol–water partition coefficient (Wildman–Crippen LogP) is 1.93. The van der Waals surface area contributed by atoms with Crippen molar-refractivity contribution in [3.63, 3.8) is 0 Å². The third-order valence-corrected chi connectivity index (χ3v) is 3.68. The number of aromatic nitrogens is 1. The van der Waals surface area contributed by atoms with Gasteiger partial charge in [0, 0.05) is 12.4 Å². The van der Waals surface area contributed by atoms with Gasteiger partial charge in [0.1, 0.15) is 9.61 Å². The predicted molar refractivity (Wildman–Crippen MR) is 56.9 cm³/mol. The zero-order chi connectivity index (χ0) is 10.1. The van der Waals surface area contributed by atoms with Crippen LogP contribution < -0.4 is 5.32 Å². The topological polar surface area (TPSA) is 42.0 Å². The summed E-state index contributed by atoms with van der Waals surface area (Å²) in [7, 11) is 1.63. The van der Waals surface area contributed by atoms with E-state index in [4.69, 9.17) is 0 Å². The molecule has 0 saturated carbocycles. The fraction of sp³-hybridized carbons (Fsp3) is 0.500. The van der Waals surface area contributed by atoms with Gasteiger partial charge in [-0.2, -0.15) is 0 Å². The summed E-state index contributed by atoms with van der Waals surface area (Å²) in [5.41, 5.74) is -0.550. The fourth-order valence-electron chi connectivity index (χ4n) is 0.951. The Morgan fingerprint density at radius 3 is 2.69 bits per heavy atom. The lowest BCUT2D eigenvalue weighted by molar-refractivity contribution is -0.125. The van der Waals surface area contributed by atoms with Crippen LogP contribution in [0.15, 0.2) is 9.98 Å². The van der Waals surface area contributed by atoms with E-state index in [0.29, 0.717) is 0 Å². The van der Waals surface area contributed by atoms with E-state index >= 15 is 0 Å². The molecule has 13 heavy (non-hydrogen) atoms. The first-order valence-electron chi connectivity index (χ1n) is 3.82. The SMILES string of the molecule is CNC(=O)C(C)(C)c1nc(Br)cs1. The lowest BCUT2D eigenvalue weighted by Crippen LogP contribution is -2.37. The van der Waals surface area contributed by atoms with Gasteiger partial charge in [0.25, 0.3) is 0 Å². The number of likely N-dealkylation sites (N-methyl/N-ethyl adjacent to an activating group) is 1. The maximum Gasteiger partial charge on any atom is 0.232 e. The number of carbonyl (C=O) groups is 1. The Kier molecular flexibility index (Phi) is 3.08. The zero-order valence-corrected chi connectivity index (χ0v) is 10.1. The molecule has 0 bridgehead atoms. The van der Waals surface area contributed by atoms with Crippen LogP contribution in [0.5, 0.6) is 0 Å². The van der Waals surface area contributed by atoms with E-state index in [9.17, 15) is 4.79 Å². The third kappa shape index (κ3) is 2.08. The zero-order valence-electron chi connectivity index (χ0n) is 7.72. The molecule has 0 aromatic carbocycles. The molecule has 5 heteroatoms. The number of hydrogen-bond donors (Lipinski definition) is 1. The van der Waals surface area contributed by atoms with Crippen molar-refractivity contribution in [1.29, 1.82) is 0 Å². The molecule has 0 saturated heterocycles. The van der Waals surface area contributed by atoms with Crippen LogP contribution in [0.2, 0.25) is 0 Å². The van der Waals surface area contributed by atoms with Gasteiger partial charge in [0.15, 0.2) is 0 Å². The molecule has 0 aliphatic carbocycles. The normalized spacial score (nSPS) is 11.4. The second kappa shape index (κ2) is 3.75. The molecule has 1 aromatic heterocycles. The van der Waals surface area contributed by atoms with Crippen LogP contribution in [0.25, 0.3) is 0 Å².